The molecule has 0 aliphatic carbocycles. The van der Waals surface area contributed by atoms with Crippen molar-refractivity contribution in [1.29, 1.82) is 0 Å². The zero-order chi connectivity index (χ0) is 21.2. The average Bonchev–Trinajstić information content (AvgIpc) is 3.18. The third-order valence-electron chi connectivity index (χ3n) is 4.47. The van der Waals surface area contributed by atoms with Gasteiger partial charge in [-0.3, -0.25) is 0 Å². The molecule has 29 heavy (non-hydrogen) atoms. The maximum Gasteiger partial charge on any atom is 0.240 e. The van der Waals surface area contributed by atoms with Crippen LogP contribution in [0.15, 0.2) is 69.8 Å². The minimum atomic E-state index is -3.88. The van der Waals surface area contributed by atoms with Crippen LogP contribution in [0.5, 0.6) is 0 Å². The first-order valence-corrected chi connectivity index (χ1v) is 13.0. The maximum atomic E-state index is 13.2. The molecular weight excluding hydrogens is 450 g/mol. The number of hydrogen-bond donors (Lipinski definition) is 1. The zero-order valence-electron chi connectivity index (χ0n) is 15.8. The van der Waals surface area contributed by atoms with Crippen molar-refractivity contribution < 1.29 is 16.8 Å². The van der Waals surface area contributed by atoms with Crippen LogP contribution in [-0.2, 0) is 19.9 Å². The summed E-state index contributed by atoms with van der Waals surface area (Å²) in [7, 11) is -7.72. The van der Waals surface area contributed by atoms with E-state index in [9.17, 15) is 16.8 Å². The van der Waals surface area contributed by atoms with Crippen LogP contribution in [0.4, 0.5) is 0 Å². The van der Waals surface area contributed by atoms with Crippen molar-refractivity contribution in [3.8, 4) is 0 Å². The van der Waals surface area contributed by atoms with Gasteiger partial charge in [-0.1, -0.05) is 29.8 Å². The normalized spacial score (nSPS) is 13.3. The van der Waals surface area contributed by atoms with Crippen LogP contribution >= 0.6 is 22.9 Å². The second-order valence-corrected chi connectivity index (χ2v) is 11.9. The summed E-state index contributed by atoms with van der Waals surface area (Å²) in [6, 6.07) is 14.4. The Morgan fingerprint density at radius 3 is 2.31 bits per heavy atom. The molecule has 9 heteroatoms. The molecule has 0 fully saturated rings. The third kappa shape index (κ3) is 4.90. The van der Waals surface area contributed by atoms with E-state index in [0.29, 0.717) is 15.5 Å². The summed E-state index contributed by atoms with van der Waals surface area (Å²) < 4.78 is 54.7. The number of rotatable bonds is 7. The van der Waals surface area contributed by atoms with E-state index in [4.69, 9.17) is 11.6 Å². The van der Waals surface area contributed by atoms with Crippen molar-refractivity contribution in [2.24, 2.45) is 0 Å². The van der Waals surface area contributed by atoms with Crippen LogP contribution in [0.25, 0.3) is 0 Å². The third-order valence-corrected chi connectivity index (χ3v) is 9.52. The molecule has 5 nitrogen and oxygen atoms in total. The van der Waals surface area contributed by atoms with Crippen molar-refractivity contribution in [2.75, 3.05) is 6.54 Å². The number of halogens is 1. The molecule has 0 spiro atoms. The van der Waals surface area contributed by atoms with Gasteiger partial charge in [0.05, 0.1) is 9.79 Å². The molecule has 0 aliphatic heterocycles. The average molecular weight is 470 g/mol. The molecule has 3 aromatic rings. The van der Waals surface area contributed by atoms with Crippen molar-refractivity contribution in [3.63, 3.8) is 0 Å². The van der Waals surface area contributed by atoms with Gasteiger partial charge < -0.3 is 0 Å². The lowest BCUT2D eigenvalue weighted by atomic mass is 10.2. The lowest BCUT2D eigenvalue weighted by Crippen LogP contribution is -2.32. The summed E-state index contributed by atoms with van der Waals surface area (Å²) in [5.74, 6) is 0. The fourth-order valence-corrected chi connectivity index (χ4v) is 7.28. The fraction of sp³-hybridized carbons (Fsp3) is 0.200. The molecule has 0 aliphatic rings. The van der Waals surface area contributed by atoms with E-state index in [-0.39, 0.29) is 16.3 Å². The molecule has 1 N–H and O–H groups in total. The Balaban J connectivity index is 1.95. The van der Waals surface area contributed by atoms with E-state index in [2.05, 4.69) is 4.72 Å². The van der Waals surface area contributed by atoms with E-state index in [1.54, 1.807) is 43.5 Å². The highest BCUT2D eigenvalue weighted by Gasteiger charge is 2.32. The van der Waals surface area contributed by atoms with Crippen LogP contribution in [0.2, 0.25) is 5.02 Å². The molecule has 0 radical (unpaired) electrons. The monoisotopic (exact) mass is 469 g/mol. The van der Waals surface area contributed by atoms with Gasteiger partial charge in [0.1, 0.15) is 5.25 Å². The topological polar surface area (TPSA) is 80.3 Å². The van der Waals surface area contributed by atoms with Gasteiger partial charge in [0.25, 0.3) is 0 Å². The molecule has 0 saturated heterocycles. The van der Waals surface area contributed by atoms with Gasteiger partial charge in [0.2, 0.25) is 10.0 Å². The maximum absolute atomic E-state index is 13.2. The largest absolute Gasteiger partial charge is 0.240 e. The highest BCUT2D eigenvalue weighted by Crippen LogP contribution is 2.32. The van der Waals surface area contributed by atoms with Crippen LogP contribution in [-0.4, -0.2) is 23.4 Å². The Bertz CT molecular complexity index is 1200. The molecule has 0 saturated carbocycles. The molecule has 2 aromatic carbocycles. The summed E-state index contributed by atoms with van der Waals surface area (Å²) in [5.41, 5.74) is 1.40. The molecule has 3 rings (SSSR count). The summed E-state index contributed by atoms with van der Waals surface area (Å²) in [5, 5.41) is 1.13. The Hall–Kier alpha value is -1.71. The first-order valence-electron chi connectivity index (χ1n) is 8.71. The predicted octanol–water partition coefficient (Wildman–Crippen LogP) is 4.51. The molecule has 0 amide bonds. The summed E-state index contributed by atoms with van der Waals surface area (Å²) in [6.45, 7) is 3.23. The van der Waals surface area contributed by atoms with Crippen molar-refractivity contribution in [2.45, 2.75) is 28.9 Å². The molecule has 0 unspecified atom stereocenters. The summed E-state index contributed by atoms with van der Waals surface area (Å²) >= 11 is 7.14. The standard InChI is InChI=1S/C20H20ClNO4S3/c1-14-5-6-15(2)19(12-14)29(25,26)22-13-20(18-4-3-11-27-18)28(23,24)17-9-7-16(21)8-10-17/h3-12,20,22H,13H2,1-2H3/t20-/m0/s1. The number of aryl methyl sites for hydroxylation is 2. The Kier molecular flexibility index (Phi) is 6.50. The van der Waals surface area contributed by atoms with E-state index in [0.717, 1.165) is 5.56 Å². The van der Waals surface area contributed by atoms with Crippen molar-refractivity contribution in [3.05, 3.63) is 81.0 Å². The second kappa shape index (κ2) is 8.57. The minimum absolute atomic E-state index is 0.0891. The summed E-state index contributed by atoms with van der Waals surface area (Å²) in [6.07, 6.45) is 0. The van der Waals surface area contributed by atoms with Gasteiger partial charge in [-0.25, -0.2) is 21.6 Å². The summed E-state index contributed by atoms with van der Waals surface area (Å²) in [4.78, 5) is 0.793. The minimum Gasteiger partial charge on any atom is -0.223 e. The predicted molar refractivity (Wildman–Crippen MR) is 117 cm³/mol. The number of nitrogens with one attached hydrogen (secondary N) is 1. The molecule has 0 bridgehead atoms. The number of benzene rings is 2. The van der Waals surface area contributed by atoms with Gasteiger partial charge in [0.15, 0.2) is 9.84 Å². The molecule has 1 heterocycles. The molecular formula is C20H20ClNO4S3. The Morgan fingerprint density at radius 1 is 1.00 bits per heavy atom. The zero-order valence-corrected chi connectivity index (χ0v) is 19.0. The van der Waals surface area contributed by atoms with Gasteiger partial charge >= 0.3 is 0 Å². The van der Waals surface area contributed by atoms with Crippen LogP contribution in [0.1, 0.15) is 21.3 Å². The van der Waals surface area contributed by atoms with Crippen LogP contribution in [0.3, 0.4) is 0 Å². The Morgan fingerprint density at radius 2 is 1.69 bits per heavy atom. The first-order chi connectivity index (χ1) is 13.6. The van der Waals surface area contributed by atoms with Gasteiger partial charge in [-0.2, -0.15) is 0 Å². The van der Waals surface area contributed by atoms with Gasteiger partial charge in [0, 0.05) is 16.4 Å². The lowest BCUT2D eigenvalue weighted by Gasteiger charge is -2.18. The van der Waals surface area contributed by atoms with E-state index >= 15 is 0 Å². The highest BCUT2D eigenvalue weighted by molar-refractivity contribution is 7.92. The molecule has 1 aromatic heterocycles. The first kappa shape index (κ1) is 22.0. The molecule has 154 valence electrons. The van der Waals surface area contributed by atoms with Crippen molar-refractivity contribution >= 4 is 42.8 Å². The number of thiophene rings is 1. The highest BCUT2D eigenvalue weighted by atomic mass is 35.5. The number of sulfone groups is 1. The van der Waals surface area contributed by atoms with Gasteiger partial charge in [-0.15, -0.1) is 11.3 Å². The SMILES string of the molecule is Cc1ccc(C)c(S(=O)(=O)NC[C@@H](c2cccs2)S(=O)(=O)c2ccc(Cl)cc2)c1. The smallest absolute Gasteiger partial charge is 0.223 e. The van der Waals surface area contributed by atoms with Crippen LogP contribution < -0.4 is 4.72 Å². The number of sulfonamides is 1. The lowest BCUT2D eigenvalue weighted by molar-refractivity contribution is 0.569. The van der Waals surface area contributed by atoms with Crippen LogP contribution in [0, 0.1) is 13.8 Å². The molecule has 1 atom stereocenters. The quantitative estimate of drug-likeness (QED) is 0.552. The Labute approximate surface area is 180 Å². The van der Waals surface area contributed by atoms with E-state index in [1.165, 1.54) is 35.6 Å². The number of hydrogen-bond acceptors (Lipinski definition) is 5. The van der Waals surface area contributed by atoms with E-state index < -0.39 is 25.1 Å². The second-order valence-electron chi connectivity index (χ2n) is 6.62. The van der Waals surface area contributed by atoms with Crippen molar-refractivity contribution in [1.82, 2.24) is 4.72 Å². The van der Waals surface area contributed by atoms with E-state index in [1.807, 2.05) is 6.07 Å². The van der Waals surface area contributed by atoms with Gasteiger partial charge in [-0.05, 0) is 66.8 Å². The fourth-order valence-electron chi connectivity index (χ4n) is 2.89.